The maximum atomic E-state index is 11.4. The van der Waals surface area contributed by atoms with Crippen molar-refractivity contribution in [2.24, 2.45) is 5.73 Å². The molecule has 1 aliphatic heterocycles. The van der Waals surface area contributed by atoms with Crippen LogP contribution in [0.25, 0.3) is 0 Å². The molecule has 17 heavy (non-hydrogen) atoms. The monoisotopic (exact) mass is 241 g/mol. The molecule has 2 N–H and O–H groups in total. The van der Waals surface area contributed by atoms with Crippen LogP contribution in [0.2, 0.25) is 0 Å². The third kappa shape index (κ3) is 2.99. The minimum absolute atomic E-state index is 0.124. The highest BCUT2D eigenvalue weighted by atomic mass is 16.5. The normalized spacial score (nSPS) is 28.5. The summed E-state index contributed by atoms with van der Waals surface area (Å²) in [5.41, 5.74) is 5.94. The fraction of sp³-hybridized carbons (Fsp3) is 0.923. The molecular formula is C13H23NO3. The minimum atomic E-state index is -0.531. The zero-order valence-corrected chi connectivity index (χ0v) is 10.6. The lowest BCUT2D eigenvalue weighted by molar-refractivity contribution is -0.146. The van der Waals surface area contributed by atoms with E-state index in [9.17, 15) is 4.79 Å². The van der Waals surface area contributed by atoms with Gasteiger partial charge in [0, 0.05) is 0 Å². The number of rotatable bonds is 4. The highest BCUT2D eigenvalue weighted by Gasteiger charge is 2.42. The average molecular weight is 241 g/mol. The van der Waals surface area contributed by atoms with Crippen LogP contribution in [-0.2, 0) is 14.3 Å². The van der Waals surface area contributed by atoms with Gasteiger partial charge in [0.2, 0.25) is 0 Å². The Bertz CT molecular complexity index is 274. The number of esters is 1. The van der Waals surface area contributed by atoms with Crippen LogP contribution >= 0.6 is 0 Å². The lowest BCUT2D eigenvalue weighted by Gasteiger charge is -2.24. The van der Waals surface area contributed by atoms with Crippen molar-refractivity contribution in [2.75, 3.05) is 6.61 Å². The topological polar surface area (TPSA) is 61.5 Å². The van der Waals surface area contributed by atoms with E-state index >= 15 is 0 Å². The first kappa shape index (κ1) is 12.8. The highest BCUT2D eigenvalue weighted by Crippen LogP contribution is 2.44. The lowest BCUT2D eigenvalue weighted by atomic mass is 9.97. The highest BCUT2D eigenvalue weighted by molar-refractivity contribution is 5.75. The maximum Gasteiger partial charge on any atom is 0.322 e. The van der Waals surface area contributed by atoms with Gasteiger partial charge in [0.05, 0.1) is 18.3 Å². The van der Waals surface area contributed by atoms with Gasteiger partial charge in [-0.2, -0.15) is 0 Å². The second-order valence-electron chi connectivity index (χ2n) is 5.26. The van der Waals surface area contributed by atoms with Gasteiger partial charge in [-0.1, -0.05) is 12.8 Å². The molecular weight excluding hydrogens is 218 g/mol. The van der Waals surface area contributed by atoms with Gasteiger partial charge in [-0.3, -0.25) is 4.79 Å². The Balaban J connectivity index is 1.79. The molecule has 2 aliphatic rings. The molecule has 0 aromatic rings. The summed E-state index contributed by atoms with van der Waals surface area (Å²) in [6, 6.07) is -0.531. The molecule has 1 aliphatic carbocycles. The van der Waals surface area contributed by atoms with Crippen LogP contribution in [0.4, 0.5) is 0 Å². The molecule has 0 radical (unpaired) electrons. The van der Waals surface area contributed by atoms with Gasteiger partial charge >= 0.3 is 5.97 Å². The Morgan fingerprint density at radius 1 is 1.47 bits per heavy atom. The van der Waals surface area contributed by atoms with Crippen molar-refractivity contribution in [1.29, 1.82) is 0 Å². The summed E-state index contributed by atoms with van der Waals surface area (Å²) in [6.07, 6.45) is 7.82. The summed E-state index contributed by atoms with van der Waals surface area (Å²) in [4.78, 5) is 11.4. The summed E-state index contributed by atoms with van der Waals surface area (Å²) in [7, 11) is 0. The van der Waals surface area contributed by atoms with Crippen molar-refractivity contribution >= 4 is 5.97 Å². The molecule has 2 rings (SSSR count). The second kappa shape index (κ2) is 5.36. The van der Waals surface area contributed by atoms with E-state index in [0.717, 1.165) is 12.8 Å². The molecule has 1 heterocycles. The Hall–Kier alpha value is -0.610. The van der Waals surface area contributed by atoms with Gasteiger partial charge < -0.3 is 15.2 Å². The molecule has 1 saturated carbocycles. The fourth-order valence-corrected chi connectivity index (χ4v) is 3.08. The number of carbonyl (C=O) groups excluding carboxylic acids is 1. The Morgan fingerprint density at radius 3 is 2.82 bits per heavy atom. The van der Waals surface area contributed by atoms with E-state index in [1.54, 1.807) is 6.92 Å². The molecule has 2 fully saturated rings. The number of carbonyl (C=O) groups is 1. The standard InChI is InChI=1S/C13H23NO3/c1-2-16-12(15)11(14)9-10-5-8-13(17-10)6-3-4-7-13/h10-11H,2-9,14H2,1H3. The van der Waals surface area contributed by atoms with E-state index in [4.69, 9.17) is 15.2 Å². The third-order valence-corrected chi connectivity index (χ3v) is 3.96. The average Bonchev–Trinajstić information content (AvgIpc) is 2.90. The fourth-order valence-electron chi connectivity index (χ4n) is 3.08. The van der Waals surface area contributed by atoms with E-state index in [2.05, 4.69) is 0 Å². The van der Waals surface area contributed by atoms with Gasteiger partial charge in [0.25, 0.3) is 0 Å². The molecule has 0 aromatic carbocycles. The van der Waals surface area contributed by atoms with E-state index in [-0.39, 0.29) is 17.7 Å². The molecule has 4 heteroatoms. The first-order valence-electron chi connectivity index (χ1n) is 6.75. The first-order valence-corrected chi connectivity index (χ1v) is 6.75. The largest absolute Gasteiger partial charge is 0.465 e. The molecule has 4 nitrogen and oxygen atoms in total. The maximum absolute atomic E-state index is 11.4. The molecule has 0 amide bonds. The van der Waals surface area contributed by atoms with Crippen molar-refractivity contribution in [2.45, 2.75) is 69.6 Å². The van der Waals surface area contributed by atoms with Crippen molar-refractivity contribution < 1.29 is 14.3 Å². The van der Waals surface area contributed by atoms with E-state index in [0.29, 0.717) is 13.0 Å². The SMILES string of the molecule is CCOC(=O)C(N)CC1CCC2(CCCC2)O1. The molecule has 1 saturated heterocycles. The lowest BCUT2D eigenvalue weighted by Crippen LogP contribution is -2.36. The number of hydrogen-bond acceptors (Lipinski definition) is 4. The minimum Gasteiger partial charge on any atom is -0.465 e. The third-order valence-electron chi connectivity index (χ3n) is 3.96. The molecule has 98 valence electrons. The zero-order chi connectivity index (χ0) is 12.3. The summed E-state index contributed by atoms with van der Waals surface area (Å²) in [6.45, 7) is 2.19. The van der Waals surface area contributed by atoms with Crippen LogP contribution in [0.15, 0.2) is 0 Å². The Kier molecular flexibility index (Phi) is 4.05. The number of hydrogen-bond donors (Lipinski definition) is 1. The van der Waals surface area contributed by atoms with Crippen LogP contribution in [0.3, 0.4) is 0 Å². The van der Waals surface area contributed by atoms with Gasteiger partial charge in [-0.25, -0.2) is 0 Å². The number of ether oxygens (including phenoxy) is 2. The summed E-state index contributed by atoms with van der Waals surface area (Å²) >= 11 is 0. The molecule has 2 unspecified atom stereocenters. The van der Waals surface area contributed by atoms with Gasteiger partial charge in [0.15, 0.2) is 0 Å². The van der Waals surface area contributed by atoms with E-state index in [1.165, 1.54) is 25.7 Å². The number of nitrogens with two attached hydrogens (primary N) is 1. The predicted molar refractivity (Wildman–Crippen MR) is 64.5 cm³/mol. The van der Waals surface area contributed by atoms with Crippen molar-refractivity contribution in [1.82, 2.24) is 0 Å². The van der Waals surface area contributed by atoms with Crippen molar-refractivity contribution in [3.05, 3.63) is 0 Å². The summed E-state index contributed by atoms with van der Waals surface area (Å²) in [5.74, 6) is -0.302. The summed E-state index contributed by atoms with van der Waals surface area (Å²) in [5, 5.41) is 0. The second-order valence-corrected chi connectivity index (χ2v) is 5.26. The molecule has 0 aromatic heterocycles. The smallest absolute Gasteiger partial charge is 0.322 e. The Morgan fingerprint density at radius 2 is 2.18 bits per heavy atom. The van der Waals surface area contributed by atoms with Crippen LogP contribution in [0.5, 0.6) is 0 Å². The van der Waals surface area contributed by atoms with E-state index in [1.807, 2.05) is 0 Å². The first-order chi connectivity index (χ1) is 8.15. The molecule has 2 atom stereocenters. The molecule has 0 bridgehead atoms. The van der Waals surface area contributed by atoms with Gasteiger partial charge in [0.1, 0.15) is 6.04 Å². The van der Waals surface area contributed by atoms with Crippen molar-refractivity contribution in [3.63, 3.8) is 0 Å². The van der Waals surface area contributed by atoms with Gasteiger partial charge in [-0.05, 0) is 39.0 Å². The predicted octanol–water partition coefficient (Wildman–Crippen LogP) is 1.76. The van der Waals surface area contributed by atoms with Crippen LogP contribution in [0.1, 0.15) is 51.9 Å². The van der Waals surface area contributed by atoms with Gasteiger partial charge in [-0.15, -0.1) is 0 Å². The quantitative estimate of drug-likeness (QED) is 0.762. The summed E-state index contributed by atoms with van der Waals surface area (Å²) < 4.78 is 11.0. The van der Waals surface area contributed by atoms with Crippen LogP contribution < -0.4 is 5.73 Å². The Labute approximate surface area is 103 Å². The van der Waals surface area contributed by atoms with Crippen LogP contribution in [-0.4, -0.2) is 30.3 Å². The van der Waals surface area contributed by atoms with E-state index < -0.39 is 6.04 Å². The van der Waals surface area contributed by atoms with Crippen molar-refractivity contribution in [3.8, 4) is 0 Å². The van der Waals surface area contributed by atoms with Crippen LogP contribution in [0, 0.1) is 0 Å². The zero-order valence-electron chi connectivity index (χ0n) is 10.6. The molecule has 1 spiro atoms.